The van der Waals surface area contributed by atoms with Crippen LogP contribution in [-0.4, -0.2) is 50.3 Å². The van der Waals surface area contributed by atoms with Crippen LogP contribution in [0.4, 0.5) is 0 Å². The third kappa shape index (κ3) is 6.04. The van der Waals surface area contributed by atoms with Crippen LogP contribution in [0.1, 0.15) is 34.5 Å². The summed E-state index contributed by atoms with van der Waals surface area (Å²) in [5.74, 6) is 0.888. The van der Waals surface area contributed by atoms with Crippen LogP contribution in [-0.2, 0) is 17.7 Å². The SMILES string of the molecule is CCNC(=NCc1ccc(CC)s1)NCC(c1cccs1)N1CCOCC1. The van der Waals surface area contributed by atoms with E-state index in [-0.39, 0.29) is 0 Å². The predicted octanol–water partition coefficient (Wildman–Crippen LogP) is 3.50. The van der Waals surface area contributed by atoms with Crippen molar-refractivity contribution in [2.45, 2.75) is 32.9 Å². The number of aryl methyl sites for hydroxylation is 1. The van der Waals surface area contributed by atoms with Crippen molar-refractivity contribution in [3.8, 4) is 0 Å². The molecule has 1 atom stereocenters. The van der Waals surface area contributed by atoms with E-state index in [0.29, 0.717) is 6.04 Å². The van der Waals surface area contributed by atoms with Gasteiger partial charge in [-0.1, -0.05) is 13.0 Å². The molecule has 1 aliphatic rings. The molecule has 1 aliphatic heterocycles. The van der Waals surface area contributed by atoms with Gasteiger partial charge in [0, 0.05) is 40.8 Å². The summed E-state index contributed by atoms with van der Waals surface area (Å²) in [6.45, 7) is 10.3. The Balaban J connectivity index is 1.63. The fourth-order valence-electron chi connectivity index (χ4n) is 3.17. The van der Waals surface area contributed by atoms with Gasteiger partial charge in [0.25, 0.3) is 0 Å². The predicted molar refractivity (Wildman–Crippen MR) is 116 cm³/mol. The normalized spacial score (nSPS) is 17.0. The molecule has 2 N–H and O–H groups in total. The molecule has 0 bridgehead atoms. The van der Waals surface area contributed by atoms with Crippen LogP contribution in [0.25, 0.3) is 0 Å². The molecule has 2 aromatic heterocycles. The second-order valence-corrected chi connectivity index (χ2v) is 8.71. The van der Waals surface area contributed by atoms with Gasteiger partial charge >= 0.3 is 0 Å². The lowest BCUT2D eigenvalue weighted by Crippen LogP contribution is -2.46. The lowest BCUT2D eigenvalue weighted by Gasteiger charge is -2.34. The summed E-state index contributed by atoms with van der Waals surface area (Å²) in [5, 5.41) is 9.10. The minimum atomic E-state index is 0.353. The first-order valence-electron chi connectivity index (χ1n) is 9.75. The number of aliphatic imine (C=N–C) groups is 1. The van der Waals surface area contributed by atoms with Gasteiger partial charge in [-0.3, -0.25) is 4.90 Å². The lowest BCUT2D eigenvalue weighted by atomic mass is 10.2. The van der Waals surface area contributed by atoms with Crippen LogP contribution >= 0.6 is 22.7 Å². The van der Waals surface area contributed by atoms with E-state index < -0.39 is 0 Å². The molecule has 0 saturated carbocycles. The second-order valence-electron chi connectivity index (χ2n) is 6.48. The number of guanidine groups is 1. The van der Waals surface area contributed by atoms with Gasteiger partial charge in [-0.05, 0) is 36.9 Å². The Labute approximate surface area is 170 Å². The van der Waals surface area contributed by atoms with Crippen molar-refractivity contribution < 1.29 is 4.74 Å². The highest BCUT2D eigenvalue weighted by Crippen LogP contribution is 2.25. The van der Waals surface area contributed by atoms with Gasteiger partial charge in [-0.15, -0.1) is 22.7 Å². The Kier molecular flexibility index (Phi) is 8.13. The van der Waals surface area contributed by atoms with E-state index in [0.717, 1.165) is 58.3 Å². The molecule has 0 radical (unpaired) electrons. The number of nitrogens with one attached hydrogen (secondary N) is 2. The number of ether oxygens (including phenoxy) is 1. The van der Waals surface area contributed by atoms with Crippen molar-refractivity contribution in [1.82, 2.24) is 15.5 Å². The molecule has 1 unspecified atom stereocenters. The van der Waals surface area contributed by atoms with Crippen molar-refractivity contribution >= 4 is 28.6 Å². The molecular formula is C20H30N4OS2. The Hall–Kier alpha value is -1.41. The number of hydrogen-bond acceptors (Lipinski definition) is 5. The number of rotatable bonds is 8. The molecular weight excluding hydrogens is 376 g/mol. The largest absolute Gasteiger partial charge is 0.379 e. The Morgan fingerprint density at radius 2 is 2.00 bits per heavy atom. The van der Waals surface area contributed by atoms with E-state index in [1.54, 1.807) is 0 Å². The van der Waals surface area contributed by atoms with E-state index in [1.165, 1.54) is 14.6 Å². The van der Waals surface area contributed by atoms with Gasteiger partial charge < -0.3 is 15.4 Å². The van der Waals surface area contributed by atoms with Gasteiger partial charge in [0.15, 0.2) is 5.96 Å². The fourth-order valence-corrected chi connectivity index (χ4v) is 4.91. The van der Waals surface area contributed by atoms with Crippen LogP contribution in [0.3, 0.4) is 0 Å². The third-order valence-corrected chi connectivity index (χ3v) is 6.81. The molecule has 148 valence electrons. The maximum absolute atomic E-state index is 5.54. The molecule has 5 nitrogen and oxygen atoms in total. The molecule has 1 fully saturated rings. The highest BCUT2D eigenvalue weighted by atomic mass is 32.1. The highest BCUT2D eigenvalue weighted by Gasteiger charge is 2.23. The summed E-state index contributed by atoms with van der Waals surface area (Å²) in [7, 11) is 0. The van der Waals surface area contributed by atoms with E-state index in [4.69, 9.17) is 9.73 Å². The molecule has 2 aromatic rings. The van der Waals surface area contributed by atoms with Gasteiger partial charge in [-0.2, -0.15) is 0 Å². The van der Waals surface area contributed by atoms with Crippen molar-refractivity contribution in [1.29, 1.82) is 0 Å². The Morgan fingerprint density at radius 1 is 1.19 bits per heavy atom. The first kappa shape index (κ1) is 20.3. The second kappa shape index (κ2) is 10.8. The summed E-state index contributed by atoms with van der Waals surface area (Å²) in [5.41, 5.74) is 0. The van der Waals surface area contributed by atoms with Crippen LogP contribution in [0.15, 0.2) is 34.6 Å². The number of morpholine rings is 1. The quantitative estimate of drug-likeness (QED) is 0.520. The topological polar surface area (TPSA) is 48.9 Å². The maximum atomic E-state index is 5.54. The molecule has 3 rings (SSSR count). The molecule has 0 spiro atoms. The zero-order valence-electron chi connectivity index (χ0n) is 16.2. The molecule has 0 aliphatic carbocycles. The van der Waals surface area contributed by atoms with E-state index in [2.05, 4.69) is 59.0 Å². The van der Waals surface area contributed by atoms with Crippen LogP contribution in [0.2, 0.25) is 0 Å². The van der Waals surface area contributed by atoms with Crippen molar-refractivity contribution in [2.24, 2.45) is 4.99 Å². The molecule has 7 heteroatoms. The smallest absolute Gasteiger partial charge is 0.191 e. The summed E-state index contributed by atoms with van der Waals surface area (Å²) in [6.07, 6.45) is 1.09. The van der Waals surface area contributed by atoms with Crippen molar-refractivity contribution in [3.63, 3.8) is 0 Å². The maximum Gasteiger partial charge on any atom is 0.191 e. The van der Waals surface area contributed by atoms with E-state index in [1.807, 2.05) is 22.7 Å². The number of hydrogen-bond donors (Lipinski definition) is 2. The average molecular weight is 407 g/mol. The number of nitrogens with zero attached hydrogens (tertiary/aromatic N) is 2. The third-order valence-electron chi connectivity index (χ3n) is 4.62. The molecule has 27 heavy (non-hydrogen) atoms. The summed E-state index contributed by atoms with van der Waals surface area (Å²) < 4.78 is 5.54. The zero-order chi connectivity index (χ0) is 18.9. The first-order chi connectivity index (χ1) is 13.3. The standard InChI is InChI=1S/C20H30N4OS2/c1-3-16-7-8-17(27-16)14-22-20(21-4-2)23-15-18(19-6-5-13-26-19)24-9-11-25-12-10-24/h5-8,13,18H,3-4,9-12,14-15H2,1-2H3,(H2,21,22,23). The van der Waals surface area contributed by atoms with Crippen LogP contribution in [0, 0.1) is 0 Å². The van der Waals surface area contributed by atoms with Gasteiger partial charge in [-0.25, -0.2) is 4.99 Å². The van der Waals surface area contributed by atoms with Crippen molar-refractivity contribution in [3.05, 3.63) is 44.3 Å². The molecule has 3 heterocycles. The van der Waals surface area contributed by atoms with Crippen LogP contribution in [0.5, 0.6) is 0 Å². The zero-order valence-corrected chi connectivity index (χ0v) is 17.9. The minimum Gasteiger partial charge on any atom is -0.379 e. The van der Waals surface area contributed by atoms with E-state index in [9.17, 15) is 0 Å². The van der Waals surface area contributed by atoms with Crippen LogP contribution < -0.4 is 10.6 Å². The first-order valence-corrected chi connectivity index (χ1v) is 11.4. The fraction of sp³-hybridized carbons (Fsp3) is 0.550. The van der Waals surface area contributed by atoms with Gasteiger partial charge in [0.1, 0.15) is 0 Å². The Bertz CT molecular complexity index is 693. The summed E-state index contributed by atoms with van der Waals surface area (Å²) in [4.78, 5) is 11.4. The minimum absolute atomic E-state index is 0.353. The van der Waals surface area contributed by atoms with Crippen molar-refractivity contribution in [2.75, 3.05) is 39.4 Å². The molecule has 0 amide bonds. The van der Waals surface area contributed by atoms with E-state index >= 15 is 0 Å². The highest BCUT2D eigenvalue weighted by molar-refractivity contribution is 7.12. The molecule has 0 aromatic carbocycles. The monoisotopic (exact) mass is 406 g/mol. The number of thiophene rings is 2. The molecule has 1 saturated heterocycles. The summed E-state index contributed by atoms with van der Waals surface area (Å²) in [6, 6.07) is 9.12. The van der Waals surface area contributed by atoms with Gasteiger partial charge in [0.2, 0.25) is 0 Å². The Morgan fingerprint density at radius 3 is 2.67 bits per heavy atom. The van der Waals surface area contributed by atoms with Gasteiger partial charge in [0.05, 0.1) is 25.8 Å². The lowest BCUT2D eigenvalue weighted by molar-refractivity contribution is 0.0177. The summed E-state index contributed by atoms with van der Waals surface area (Å²) >= 11 is 3.68. The average Bonchev–Trinajstić information content (AvgIpc) is 3.39.